The smallest absolute Gasteiger partial charge is 0.0714 e. The highest BCUT2D eigenvalue weighted by Crippen LogP contribution is 2.57. The van der Waals surface area contributed by atoms with E-state index in [1.807, 2.05) is 0 Å². The number of hydrogen-bond acceptors (Lipinski definition) is 1. The zero-order valence-corrected chi connectivity index (χ0v) is 27.9. The molecule has 7 aromatic rings. The Balaban J connectivity index is 1.25. The fourth-order valence-corrected chi connectivity index (χ4v) is 8.19. The number of allylic oxidation sites excluding steroid dienone is 4. The zero-order valence-electron chi connectivity index (χ0n) is 27.9. The number of benzene rings is 7. The Hall–Kier alpha value is -6.18. The van der Waals surface area contributed by atoms with Gasteiger partial charge in [-0.25, -0.2) is 0 Å². The Labute approximate surface area is 295 Å². The van der Waals surface area contributed by atoms with E-state index in [1.165, 1.54) is 67.0 Å². The lowest BCUT2D eigenvalue weighted by Gasteiger charge is -2.35. The lowest BCUT2D eigenvalue weighted by molar-refractivity contribution is 0.768. The Bertz CT molecular complexity index is 2300. The fraction of sp³-hybridized carbons (Fsp3) is 0.0612. The Morgan fingerprint density at radius 1 is 0.380 bits per heavy atom. The van der Waals surface area contributed by atoms with E-state index in [9.17, 15) is 0 Å². The first kappa shape index (κ1) is 29.9. The summed E-state index contributed by atoms with van der Waals surface area (Å²) in [5, 5.41) is 0. The van der Waals surface area contributed by atoms with E-state index >= 15 is 0 Å². The second-order valence-electron chi connectivity index (χ2n) is 13.2. The standard InChI is InChI=1S/C49H37N/c1-5-15-36(16-6-1)38-25-29-42(30-26-38)50(43-31-27-39(28-32-43)37-17-7-2-8-18-37)44-33-34-46-45-23-13-14-24-47(45)49(48(46)35-44,40-19-9-3-10-20-40)41-21-11-4-12-22-41/h1-27,29-31,33-35H,28,32H2. The molecule has 238 valence electrons. The van der Waals surface area contributed by atoms with Crippen molar-refractivity contribution in [3.63, 3.8) is 0 Å². The van der Waals surface area contributed by atoms with Crippen LogP contribution in [0.3, 0.4) is 0 Å². The van der Waals surface area contributed by atoms with E-state index in [0.29, 0.717) is 0 Å². The van der Waals surface area contributed by atoms with Gasteiger partial charge in [-0.2, -0.15) is 0 Å². The fourth-order valence-electron chi connectivity index (χ4n) is 8.19. The molecule has 9 rings (SSSR count). The minimum atomic E-state index is -0.450. The van der Waals surface area contributed by atoms with E-state index in [1.54, 1.807) is 0 Å². The normalized spacial score (nSPS) is 14.2. The Kier molecular flexibility index (Phi) is 7.59. The average Bonchev–Trinajstić information content (AvgIpc) is 3.50. The van der Waals surface area contributed by atoms with Gasteiger partial charge in [-0.3, -0.25) is 0 Å². The molecule has 1 heteroatoms. The van der Waals surface area contributed by atoms with Crippen molar-refractivity contribution >= 4 is 16.9 Å². The van der Waals surface area contributed by atoms with Crippen molar-refractivity contribution in [3.8, 4) is 22.3 Å². The van der Waals surface area contributed by atoms with Crippen LogP contribution in [-0.4, -0.2) is 0 Å². The van der Waals surface area contributed by atoms with Crippen LogP contribution in [-0.2, 0) is 5.41 Å². The number of nitrogens with zero attached hydrogens (tertiary/aromatic N) is 1. The van der Waals surface area contributed by atoms with Crippen LogP contribution >= 0.6 is 0 Å². The summed E-state index contributed by atoms with van der Waals surface area (Å²) in [6.07, 6.45) is 6.59. The van der Waals surface area contributed by atoms with E-state index in [2.05, 4.69) is 205 Å². The summed E-state index contributed by atoms with van der Waals surface area (Å²) in [6, 6.07) is 68.8. The highest BCUT2D eigenvalue weighted by molar-refractivity contribution is 5.89. The van der Waals surface area contributed by atoms with Crippen LogP contribution in [0.1, 0.15) is 40.7 Å². The van der Waals surface area contributed by atoms with Gasteiger partial charge in [0, 0.05) is 17.1 Å². The molecule has 7 aromatic carbocycles. The van der Waals surface area contributed by atoms with Gasteiger partial charge in [0.2, 0.25) is 0 Å². The quantitative estimate of drug-likeness (QED) is 0.168. The van der Waals surface area contributed by atoms with Gasteiger partial charge in [0.1, 0.15) is 0 Å². The highest BCUT2D eigenvalue weighted by Gasteiger charge is 2.46. The van der Waals surface area contributed by atoms with Gasteiger partial charge in [-0.05, 0) is 98.8 Å². The number of hydrogen-bond donors (Lipinski definition) is 0. The van der Waals surface area contributed by atoms with Crippen LogP contribution in [0.4, 0.5) is 11.4 Å². The second kappa shape index (κ2) is 12.7. The minimum absolute atomic E-state index is 0.450. The van der Waals surface area contributed by atoms with Crippen molar-refractivity contribution in [2.24, 2.45) is 0 Å². The highest BCUT2D eigenvalue weighted by atomic mass is 15.1. The molecule has 0 amide bonds. The molecule has 0 radical (unpaired) electrons. The van der Waals surface area contributed by atoms with E-state index in [0.717, 1.165) is 18.5 Å². The molecule has 0 aromatic heterocycles. The molecule has 0 spiro atoms. The van der Waals surface area contributed by atoms with Gasteiger partial charge in [0.15, 0.2) is 0 Å². The number of rotatable bonds is 7. The summed E-state index contributed by atoms with van der Waals surface area (Å²) in [5.41, 5.74) is 16.1. The van der Waals surface area contributed by atoms with Gasteiger partial charge < -0.3 is 4.90 Å². The summed E-state index contributed by atoms with van der Waals surface area (Å²) in [4.78, 5) is 2.48. The van der Waals surface area contributed by atoms with E-state index in [4.69, 9.17) is 0 Å². The summed E-state index contributed by atoms with van der Waals surface area (Å²) >= 11 is 0. The monoisotopic (exact) mass is 639 g/mol. The largest absolute Gasteiger partial charge is 0.314 e. The molecule has 0 aliphatic heterocycles. The van der Waals surface area contributed by atoms with Crippen LogP contribution in [0, 0.1) is 0 Å². The topological polar surface area (TPSA) is 3.24 Å². The molecule has 0 bridgehead atoms. The van der Waals surface area contributed by atoms with Crippen LogP contribution in [0.15, 0.2) is 206 Å². The molecule has 2 aliphatic rings. The first-order valence-corrected chi connectivity index (χ1v) is 17.6. The van der Waals surface area contributed by atoms with Crippen LogP contribution in [0.5, 0.6) is 0 Å². The molecular weight excluding hydrogens is 603 g/mol. The van der Waals surface area contributed by atoms with Crippen LogP contribution in [0.2, 0.25) is 0 Å². The van der Waals surface area contributed by atoms with Crippen molar-refractivity contribution in [3.05, 3.63) is 234 Å². The molecule has 0 saturated carbocycles. The van der Waals surface area contributed by atoms with Crippen molar-refractivity contribution in [2.45, 2.75) is 18.3 Å². The summed E-state index contributed by atoms with van der Waals surface area (Å²) in [6.45, 7) is 0. The lowest BCUT2D eigenvalue weighted by atomic mass is 9.67. The predicted octanol–water partition coefficient (Wildman–Crippen LogP) is 12.6. The lowest BCUT2D eigenvalue weighted by Crippen LogP contribution is -2.29. The predicted molar refractivity (Wildman–Crippen MR) is 209 cm³/mol. The van der Waals surface area contributed by atoms with Crippen LogP contribution < -0.4 is 4.90 Å². The van der Waals surface area contributed by atoms with Crippen molar-refractivity contribution < 1.29 is 0 Å². The van der Waals surface area contributed by atoms with E-state index < -0.39 is 5.41 Å². The summed E-state index contributed by atoms with van der Waals surface area (Å²) in [7, 11) is 0. The molecule has 0 heterocycles. The maximum absolute atomic E-state index is 2.48. The molecule has 0 saturated heterocycles. The third-order valence-electron chi connectivity index (χ3n) is 10.5. The Morgan fingerprint density at radius 2 is 0.900 bits per heavy atom. The summed E-state index contributed by atoms with van der Waals surface area (Å²) < 4.78 is 0. The van der Waals surface area contributed by atoms with Gasteiger partial charge in [0.05, 0.1) is 5.41 Å². The maximum Gasteiger partial charge on any atom is 0.0714 e. The molecule has 0 N–H and O–H groups in total. The van der Waals surface area contributed by atoms with E-state index in [-0.39, 0.29) is 0 Å². The van der Waals surface area contributed by atoms with Crippen LogP contribution in [0.25, 0.3) is 27.8 Å². The molecule has 0 atom stereocenters. The Morgan fingerprint density at radius 3 is 1.52 bits per heavy atom. The number of fused-ring (bicyclic) bond motifs is 3. The third kappa shape index (κ3) is 5.02. The molecular formula is C49H37N. The first-order valence-electron chi connectivity index (χ1n) is 17.6. The van der Waals surface area contributed by atoms with Gasteiger partial charge in [0.25, 0.3) is 0 Å². The maximum atomic E-state index is 2.48. The first-order chi connectivity index (χ1) is 24.8. The molecule has 0 unspecified atom stereocenters. The SMILES string of the molecule is C1=C(c2ccccc2)CCC(N(c2ccc(-c3ccccc3)cc2)c2ccc3c(c2)C(c2ccccc2)(c2ccccc2)c2ccccc2-3)=C1. The number of anilines is 2. The molecule has 50 heavy (non-hydrogen) atoms. The van der Waals surface area contributed by atoms with Gasteiger partial charge in [-0.15, -0.1) is 0 Å². The average molecular weight is 640 g/mol. The molecule has 2 aliphatic carbocycles. The van der Waals surface area contributed by atoms with Crippen molar-refractivity contribution in [1.82, 2.24) is 0 Å². The second-order valence-corrected chi connectivity index (χ2v) is 13.2. The molecule has 1 nitrogen and oxygen atoms in total. The minimum Gasteiger partial charge on any atom is -0.314 e. The molecule has 0 fully saturated rings. The third-order valence-corrected chi connectivity index (χ3v) is 10.5. The van der Waals surface area contributed by atoms with Gasteiger partial charge >= 0.3 is 0 Å². The van der Waals surface area contributed by atoms with Gasteiger partial charge in [-0.1, -0.05) is 170 Å². The summed E-state index contributed by atoms with van der Waals surface area (Å²) in [5.74, 6) is 0. The van der Waals surface area contributed by atoms with Crippen molar-refractivity contribution in [1.29, 1.82) is 0 Å². The zero-order chi connectivity index (χ0) is 33.3. The van der Waals surface area contributed by atoms with Crippen molar-refractivity contribution in [2.75, 3.05) is 4.90 Å².